The second-order valence-corrected chi connectivity index (χ2v) is 4.64. The predicted molar refractivity (Wildman–Crippen MR) is 63.9 cm³/mol. The predicted octanol–water partition coefficient (Wildman–Crippen LogP) is 0.0388. The molecule has 1 saturated heterocycles. The summed E-state index contributed by atoms with van der Waals surface area (Å²) in [5.74, 6) is 0. The van der Waals surface area contributed by atoms with Gasteiger partial charge in [-0.25, -0.2) is 4.68 Å². The molecule has 8 nitrogen and oxygen atoms in total. The molecule has 8 heteroatoms. The van der Waals surface area contributed by atoms with Crippen molar-refractivity contribution in [2.24, 2.45) is 0 Å². The molecule has 0 saturated carbocycles. The first-order valence-electron chi connectivity index (χ1n) is 6.16. The van der Waals surface area contributed by atoms with E-state index in [4.69, 9.17) is 4.74 Å². The number of hydrogen-bond acceptors (Lipinski definition) is 6. The highest BCUT2D eigenvalue weighted by atomic mass is 16.6. The van der Waals surface area contributed by atoms with Crippen LogP contribution in [0.3, 0.4) is 0 Å². The fraction of sp³-hybridized carbons (Fsp3) is 0.727. The monoisotopic (exact) mass is 271 g/mol. The van der Waals surface area contributed by atoms with E-state index >= 15 is 0 Å². The maximum absolute atomic E-state index is 11.1. The Morgan fingerprint density at radius 2 is 2.26 bits per heavy atom. The Kier molecular flexibility index (Phi) is 4.13. The summed E-state index contributed by atoms with van der Waals surface area (Å²) in [5, 5.41) is 33.6. The van der Waals surface area contributed by atoms with E-state index in [2.05, 4.69) is 5.10 Å². The van der Waals surface area contributed by atoms with E-state index in [9.17, 15) is 20.3 Å². The Balaban J connectivity index is 2.25. The van der Waals surface area contributed by atoms with Gasteiger partial charge in [0.1, 0.15) is 19.4 Å². The number of aromatic nitrogens is 2. The van der Waals surface area contributed by atoms with Crippen molar-refractivity contribution in [3.8, 4) is 0 Å². The number of aliphatic hydroxyl groups is 2. The van der Waals surface area contributed by atoms with Gasteiger partial charge in [-0.05, 0) is 19.3 Å². The Hall–Kier alpha value is -1.51. The average Bonchev–Trinajstić information content (AvgIpc) is 2.92. The Morgan fingerprint density at radius 1 is 1.53 bits per heavy atom. The van der Waals surface area contributed by atoms with Crippen LogP contribution in [0, 0.1) is 10.1 Å². The van der Waals surface area contributed by atoms with Crippen LogP contribution in [0.5, 0.6) is 0 Å². The minimum absolute atomic E-state index is 0.177. The maximum Gasteiger partial charge on any atom is 0.295 e. The van der Waals surface area contributed by atoms with Gasteiger partial charge in [-0.2, -0.15) is 5.10 Å². The van der Waals surface area contributed by atoms with E-state index in [0.29, 0.717) is 6.61 Å². The van der Waals surface area contributed by atoms with E-state index in [-0.39, 0.29) is 11.8 Å². The summed E-state index contributed by atoms with van der Waals surface area (Å²) in [7, 11) is 0. The molecule has 1 aromatic rings. The molecule has 2 heterocycles. The molecule has 0 aromatic carbocycles. The highest BCUT2D eigenvalue weighted by Gasteiger charge is 2.45. The Morgan fingerprint density at radius 3 is 2.79 bits per heavy atom. The van der Waals surface area contributed by atoms with Crippen molar-refractivity contribution in [3.63, 3.8) is 0 Å². The SMILES string of the molecule is O=[N+]([O-])C(CO)(CO)c1cnn([C@H]2CCCCO2)c1. The van der Waals surface area contributed by atoms with Gasteiger partial charge in [0.25, 0.3) is 5.54 Å². The second kappa shape index (κ2) is 5.64. The highest BCUT2D eigenvalue weighted by Crippen LogP contribution is 2.27. The van der Waals surface area contributed by atoms with Crippen LogP contribution in [0.15, 0.2) is 12.4 Å². The van der Waals surface area contributed by atoms with Gasteiger partial charge in [0.05, 0.1) is 11.8 Å². The standard InChI is InChI=1S/C11H17N3O5/c15-7-11(8-16,14(17)18)9-5-12-13(6-9)10-3-1-2-4-19-10/h5-6,10,15-16H,1-4,7-8H2/t10-/m1/s1. The zero-order chi connectivity index (χ0) is 13.9. The fourth-order valence-electron chi connectivity index (χ4n) is 2.12. The lowest BCUT2D eigenvalue weighted by Crippen LogP contribution is -2.42. The third kappa shape index (κ3) is 2.46. The van der Waals surface area contributed by atoms with E-state index in [1.807, 2.05) is 0 Å². The van der Waals surface area contributed by atoms with Crippen molar-refractivity contribution in [1.29, 1.82) is 0 Å². The summed E-state index contributed by atoms with van der Waals surface area (Å²) in [6.45, 7) is -0.929. The van der Waals surface area contributed by atoms with Crippen molar-refractivity contribution in [3.05, 3.63) is 28.1 Å². The number of aliphatic hydroxyl groups excluding tert-OH is 2. The molecule has 2 N–H and O–H groups in total. The quantitative estimate of drug-likeness (QED) is 0.577. The molecule has 0 aliphatic carbocycles. The first kappa shape index (κ1) is 13.9. The van der Waals surface area contributed by atoms with Crippen LogP contribution < -0.4 is 0 Å². The molecule has 1 aliphatic heterocycles. The van der Waals surface area contributed by atoms with Crippen molar-refractivity contribution in [2.75, 3.05) is 19.8 Å². The molecule has 106 valence electrons. The van der Waals surface area contributed by atoms with Crippen LogP contribution in [0.4, 0.5) is 0 Å². The van der Waals surface area contributed by atoms with E-state index in [1.165, 1.54) is 17.1 Å². The minimum atomic E-state index is -1.91. The average molecular weight is 271 g/mol. The summed E-state index contributed by atoms with van der Waals surface area (Å²) < 4.78 is 7.04. The number of nitro groups is 1. The van der Waals surface area contributed by atoms with Crippen molar-refractivity contribution in [2.45, 2.75) is 31.0 Å². The first-order valence-corrected chi connectivity index (χ1v) is 6.16. The van der Waals surface area contributed by atoms with Crippen molar-refractivity contribution in [1.82, 2.24) is 9.78 Å². The van der Waals surface area contributed by atoms with Crippen LogP contribution in [0.2, 0.25) is 0 Å². The van der Waals surface area contributed by atoms with Gasteiger partial charge < -0.3 is 14.9 Å². The van der Waals surface area contributed by atoms with Crippen LogP contribution in [-0.2, 0) is 10.3 Å². The van der Waals surface area contributed by atoms with Crippen LogP contribution in [0.25, 0.3) is 0 Å². The van der Waals surface area contributed by atoms with E-state index in [0.717, 1.165) is 19.3 Å². The maximum atomic E-state index is 11.1. The Bertz CT molecular complexity index is 437. The second-order valence-electron chi connectivity index (χ2n) is 4.64. The molecular formula is C11H17N3O5. The smallest absolute Gasteiger partial charge is 0.295 e. The van der Waals surface area contributed by atoms with Gasteiger partial charge >= 0.3 is 0 Å². The molecule has 2 rings (SSSR count). The number of hydrogen-bond donors (Lipinski definition) is 2. The summed E-state index contributed by atoms with van der Waals surface area (Å²) in [6.07, 6.45) is 5.34. The number of ether oxygens (including phenoxy) is 1. The number of rotatable bonds is 5. The van der Waals surface area contributed by atoms with Crippen LogP contribution >= 0.6 is 0 Å². The van der Waals surface area contributed by atoms with E-state index in [1.54, 1.807) is 0 Å². The molecule has 0 spiro atoms. The molecular weight excluding hydrogens is 254 g/mol. The van der Waals surface area contributed by atoms with Gasteiger partial charge in [-0.3, -0.25) is 10.1 Å². The van der Waals surface area contributed by atoms with Gasteiger partial charge in [-0.1, -0.05) is 0 Å². The summed E-state index contributed by atoms with van der Waals surface area (Å²) >= 11 is 0. The van der Waals surface area contributed by atoms with Gasteiger partial charge in [0.15, 0.2) is 0 Å². The lowest BCUT2D eigenvalue weighted by atomic mass is 9.96. The molecule has 1 aromatic heterocycles. The summed E-state index contributed by atoms with van der Waals surface area (Å²) in [4.78, 5) is 10.4. The Labute approximate surface area is 109 Å². The summed E-state index contributed by atoms with van der Waals surface area (Å²) in [6, 6.07) is 0. The zero-order valence-electron chi connectivity index (χ0n) is 10.4. The molecule has 0 amide bonds. The molecule has 0 bridgehead atoms. The van der Waals surface area contributed by atoms with Crippen LogP contribution in [0.1, 0.15) is 31.1 Å². The molecule has 1 aliphatic rings. The number of nitrogens with zero attached hydrogens (tertiary/aromatic N) is 3. The highest BCUT2D eigenvalue weighted by molar-refractivity contribution is 5.16. The lowest BCUT2D eigenvalue weighted by Gasteiger charge is -2.23. The van der Waals surface area contributed by atoms with Gasteiger partial charge in [0, 0.05) is 17.7 Å². The molecule has 1 atom stereocenters. The molecule has 1 fully saturated rings. The zero-order valence-corrected chi connectivity index (χ0v) is 10.4. The molecule has 19 heavy (non-hydrogen) atoms. The molecule has 0 unspecified atom stereocenters. The first-order chi connectivity index (χ1) is 9.14. The van der Waals surface area contributed by atoms with Crippen molar-refractivity contribution < 1.29 is 19.9 Å². The third-order valence-electron chi connectivity index (χ3n) is 3.46. The largest absolute Gasteiger partial charge is 0.388 e. The van der Waals surface area contributed by atoms with Gasteiger partial charge in [-0.15, -0.1) is 0 Å². The summed E-state index contributed by atoms with van der Waals surface area (Å²) in [5.41, 5.74) is -1.73. The van der Waals surface area contributed by atoms with Crippen LogP contribution in [-0.4, -0.2) is 44.7 Å². The lowest BCUT2D eigenvalue weighted by molar-refractivity contribution is -0.586. The van der Waals surface area contributed by atoms with Crippen molar-refractivity contribution >= 4 is 0 Å². The van der Waals surface area contributed by atoms with E-state index < -0.39 is 23.7 Å². The normalized spacial score (nSPS) is 20.4. The minimum Gasteiger partial charge on any atom is -0.388 e. The van der Waals surface area contributed by atoms with Gasteiger partial charge in [0.2, 0.25) is 0 Å². The molecule has 0 radical (unpaired) electrons. The topological polar surface area (TPSA) is 111 Å². The third-order valence-corrected chi connectivity index (χ3v) is 3.46. The fourth-order valence-corrected chi connectivity index (χ4v) is 2.12.